The van der Waals surface area contributed by atoms with Gasteiger partial charge in [0.2, 0.25) is 0 Å². The van der Waals surface area contributed by atoms with Gasteiger partial charge in [-0.2, -0.15) is 0 Å². The van der Waals surface area contributed by atoms with E-state index in [2.05, 4.69) is 16.7 Å². The second-order valence-electron chi connectivity index (χ2n) is 5.15. The van der Waals surface area contributed by atoms with E-state index >= 15 is 0 Å². The number of aliphatic carboxylic acids is 1. The lowest BCUT2D eigenvalue weighted by Crippen LogP contribution is -2.36. The first-order valence-electron chi connectivity index (χ1n) is 7.19. The lowest BCUT2D eigenvalue weighted by molar-refractivity contribution is -0.134. The molecule has 2 N–H and O–H groups in total. The number of rotatable bonds is 2. The second kappa shape index (κ2) is 9.21. The fourth-order valence-corrected chi connectivity index (χ4v) is 1.92. The van der Waals surface area contributed by atoms with Gasteiger partial charge < -0.3 is 14.9 Å². The Morgan fingerprint density at radius 2 is 1.86 bits per heavy atom. The van der Waals surface area contributed by atoms with Crippen molar-refractivity contribution in [2.75, 3.05) is 32.8 Å². The van der Waals surface area contributed by atoms with Crippen LogP contribution < -0.4 is 0 Å². The number of aliphatic hydroxyl groups is 1. The lowest BCUT2D eigenvalue weighted by Gasteiger charge is -2.24. The molecule has 0 radical (unpaired) electrons. The smallest absolute Gasteiger partial charge is 0.300 e. The van der Waals surface area contributed by atoms with Crippen LogP contribution in [0.3, 0.4) is 0 Å². The number of morpholine rings is 1. The number of ether oxygens (including phenoxy) is 1. The molecule has 0 amide bonds. The van der Waals surface area contributed by atoms with Crippen molar-refractivity contribution in [3.8, 4) is 11.8 Å². The molecular weight excluding hydrogens is 282 g/mol. The van der Waals surface area contributed by atoms with Crippen LogP contribution in [0.15, 0.2) is 30.3 Å². The first kappa shape index (κ1) is 18.2. The summed E-state index contributed by atoms with van der Waals surface area (Å²) in [6, 6.07) is 9.54. The van der Waals surface area contributed by atoms with Gasteiger partial charge >= 0.3 is 0 Å². The zero-order valence-corrected chi connectivity index (χ0v) is 13.1. The minimum Gasteiger partial charge on any atom is -0.481 e. The van der Waals surface area contributed by atoms with Crippen molar-refractivity contribution in [1.29, 1.82) is 0 Å². The van der Waals surface area contributed by atoms with E-state index in [9.17, 15) is 5.11 Å². The van der Waals surface area contributed by atoms with Crippen molar-refractivity contribution < 1.29 is 19.7 Å². The van der Waals surface area contributed by atoms with E-state index in [0.29, 0.717) is 6.54 Å². The van der Waals surface area contributed by atoms with E-state index in [0.717, 1.165) is 38.8 Å². The van der Waals surface area contributed by atoms with Gasteiger partial charge in [0.05, 0.1) is 19.8 Å². The van der Waals surface area contributed by atoms with Crippen molar-refractivity contribution in [3.63, 3.8) is 0 Å². The summed E-state index contributed by atoms with van der Waals surface area (Å²) >= 11 is 0. The normalized spacial score (nSPS) is 17.2. The third-order valence-corrected chi connectivity index (χ3v) is 3.07. The third kappa shape index (κ3) is 7.23. The third-order valence-electron chi connectivity index (χ3n) is 3.07. The number of carboxylic acid groups (broad SMARTS) is 1. The Hall–Kier alpha value is -1.87. The summed E-state index contributed by atoms with van der Waals surface area (Å²) in [7, 11) is 0. The number of hydrogen-bond donors (Lipinski definition) is 2. The molecule has 22 heavy (non-hydrogen) atoms. The molecule has 0 aliphatic carbocycles. The van der Waals surface area contributed by atoms with Crippen molar-refractivity contribution >= 4 is 5.97 Å². The van der Waals surface area contributed by atoms with Gasteiger partial charge in [-0.05, 0) is 12.5 Å². The maximum absolute atomic E-state index is 10.3. The van der Waals surface area contributed by atoms with Crippen LogP contribution in [0.4, 0.5) is 0 Å². The summed E-state index contributed by atoms with van der Waals surface area (Å²) in [5.41, 5.74) is -0.243. The number of carboxylic acids is 1. The van der Waals surface area contributed by atoms with Crippen LogP contribution >= 0.6 is 0 Å². The summed E-state index contributed by atoms with van der Waals surface area (Å²) in [6.45, 7) is 6.89. The summed E-state index contributed by atoms with van der Waals surface area (Å²) in [5, 5.41) is 17.7. The molecule has 1 saturated heterocycles. The molecule has 1 aromatic carbocycles. The van der Waals surface area contributed by atoms with Crippen LogP contribution in [-0.2, 0) is 15.1 Å². The predicted molar refractivity (Wildman–Crippen MR) is 84.4 cm³/mol. The lowest BCUT2D eigenvalue weighted by atomic mass is 9.97. The van der Waals surface area contributed by atoms with Gasteiger partial charge in [0.15, 0.2) is 0 Å². The van der Waals surface area contributed by atoms with Crippen molar-refractivity contribution in [3.05, 3.63) is 35.9 Å². The molecule has 1 atom stereocenters. The Kier molecular flexibility index (Phi) is 7.61. The Labute approximate surface area is 131 Å². The maximum atomic E-state index is 10.3. The van der Waals surface area contributed by atoms with Gasteiger partial charge in [0.25, 0.3) is 5.97 Å². The van der Waals surface area contributed by atoms with E-state index in [-0.39, 0.29) is 0 Å². The Morgan fingerprint density at radius 3 is 2.41 bits per heavy atom. The molecule has 0 bridgehead atoms. The molecule has 120 valence electrons. The van der Waals surface area contributed by atoms with Gasteiger partial charge in [-0.1, -0.05) is 42.2 Å². The number of benzene rings is 1. The molecule has 1 aliphatic rings. The maximum Gasteiger partial charge on any atom is 0.300 e. The molecule has 5 heteroatoms. The molecule has 0 spiro atoms. The summed E-state index contributed by atoms with van der Waals surface area (Å²) in [4.78, 5) is 11.2. The fourth-order valence-electron chi connectivity index (χ4n) is 1.92. The molecule has 1 unspecified atom stereocenters. The molecule has 0 saturated carbocycles. The van der Waals surface area contributed by atoms with E-state index in [4.69, 9.17) is 14.6 Å². The van der Waals surface area contributed by atoms with Crippen molar-refractivity contribution in [1.82, 2.24) is 4.90 Å². The van der Waals surface area contributed by atoms with Crippen molar-refractivity contribution in [2.24, 2.45) is 0 Å². The Morgan fingerprint density at radius 1 is 1.32 bits per heavy atom. The molecular formula is C17H23NO4. The van der Waals surface area contributed by atoms with Crippen LogP contribution in [-0.4, -0.2) is 53.9 Å². The fraction of sp³-hybridized carbons (Fsp3) is 0.471. The molecule has 1 heterocycles. The summed E-state index contributed by atoms with van der Waals surface area (Å²) in [5.74, 6) is 5.18. The minimum atomic E-state index is -1.08. The average molecular weight is 305 g/mol. The van der Waals surface area contributed by atoms with Crippen molar-refractivity contribution in [2.45, 2.75) is 19.4 Å². The molecule has 2 rings (SSSR count). The highest BCUT2D eigenvalue weighted by atomic mass is 16.5. The average Bonchev–Trinajstić information content (AvgIpc) is 2.48. The second-order valence-corrected chi connectivity index (χ2v) is 5.15. The predicted octanol–water partition coefficient (Wildman–Crippen LogP) is 1.32. The molecule has 5 nitrogen and oxygen atoms in total. The van der Waals surface area contributed by atoms with Gasteiger partial charge in [-0.15, -0.1) is 0 Å². The zero-order chi connectivity index (χ0) is 16.4. The number of carbonyl (C=O) groups is 1. The summed E-state index contributed by atoms with van der Waals surface area (Å²) < 4.78 is 5.28. The number of nitrogens with zero attached hydrogens (tertiary/aromatic N) is 1. The van der Waals surface area contributed by atoms with Crippen LogP contribution in [0.2, 0.25) is 0 Å². The minimum absolute atomic E-state index is 0.687. The first-order valence-corrected chi connectivity index (χ1v) is 7.19. The molecule has 1 fully saturated rings. The molecule has 0 aromatic heterocycles. The molecule has 1 aliphatic heterocycles. The van der Waals surface area contributed by atoms with E-state index in [1.807, 2.05) is 30.3 Å². The topological polar surface area (TPSA) is 70.0 Å². The van der Waals surface area contributed by atoms with Gasteiger partial charge in [-0.25, -0.2) is 0 Å². The van der Waals surface area contributed by atoms with E-state index in [1.54, 1.807) is 6.92 Å². The number of hydrogen-bond acceptors (Lipinski definition) is 4. The zero-order valence-electron chi connectivity index (χ0n) is 13.1. The molecule has 1 aromatic rings. The highest BCUT2D eigenvalue weighted by molar-refractivity contribution is 5.62. The SMILES string of the molecule is CC(=O)O.CC(O)(C#CCN1CCOCC1)c1ccccc1. The van der Waals surface area contributed by atoms with E-state index in [1.165, 1.54) is 0 Å². The van der Waals surface area contributed by atoms with Crippen LogP contribution in [0, 0.1) is 11.8 Å². The Bertz CT molecular complexity index is 506. The van der Waals surface area contributed by atoms with E-state index < -0.39 is 11.6 Å². The quantitative estimate of drug-likeness (QED) is 0.807. The highest BCUT2D eigenvalue weighted by Gasteiger charge is 2.19. The highest BCUT2D eigenvalue weighted by Crippen LogP contribution is 2.18. The van der Waals surface area contributed by atoms with Crippen LogP contribution in [0.5, 0.6) is 0 Å². The first-order chi connectivity index (χ1) is 10.4. The van der Waals surface area contributed by atoms with Gasteiger partial charge in [0.1, 0.15) is 5.60 Å². The largest absolute Gasteiger partial charge is 0.481 e. The van der Waals surface area contributed by atoms with Gasteiger partial charge in [-0.3, -0.25) is 9.69 Å². The van der Waals surface area contributed by atoms with Crippen LogP contribution in [0.1, 0.15) is 19.4 Å². The Balaban J connectivity index is 0.000000541. The van der Waals surface area contributed by atoms with Gasteiger partial charge in [0, 0.05) is 20.0 Å². The summed E-state index contributed by atoms with van der Waals surface area (Å²) in [6.07, 6.45) is 0. The standard InChI is InChI=1S/C15H19NO2.C2H4O2/c1-15(17,14-6-3-2-4-7-14)8-5-9-16-10-12-18-13-11-16;1-2(3)4/h2-4,6-7,17H,9-13H2,1H3;1H3,(H,3,4). The van der Waals surface area contributed by atoms with Crippen LogP contribution in [0.25, 0.3) is 0 Å². The monoisotopic (exact) mass is 305 g/mol.